The van der Waals surface area contributed by atoms with Crippen molar-refractivity contribution < 1.29 is 19.6 Å². The third kappa shape index (κ3) is 4.42. The van der Waals surface area contributed by atoms with E-state index in [1.54, 1.807) is 0 Å². The number of nitro groups is 1. The van der Waals surface area contributed by atoms with Crippen molar-refractivity contribution in [1.82, 2.24) is 5.32 Å². The second kappa shape index (κ2) is 7.03. The average molecular weight is 294 g/mol. The zero-order valence-corrected chi connectivity index (χ0v) is 11.5. The van der Waals surface area contributed by atoms with Crippen LogP contribution in [0.3, 0.4) is 0 Å². The molecule has 0 bridgehead atoms. The molecule has 2 atom stereocenters. The Morgan fingerprint density at radius 2 is 2.10 bits per heavy atom. The molecule has 1 fully saturated rings. The molecule has 1 aromatic carbocycles. The van der Waals surface area contributed by atoms with E-state index in [1.807, 2.05) is 0 Å². The first-order valence-electron chi connectivity index (χ1n) is 6.88. The molecule has 1 aliphatic carbocycles. The van der Waals surface area contributed by atoms with Crippen molar-refractivity contribution in [2.24, 2.45) is 5.92 Å². The molecule has 2 unspecified atom stereocenters. The first kappa shape index (κ1) is 15.2. The lowest BCUT2D eigenvalue weighted by atomic mass is 10.1. The number of benzene rings is 1. The summed E-state index contributed by atoms with van der Waals surface area (Å²) in [6, 6.07) is 5.54. The van der Waals surface area contributed by atoms with Crippen LogP contribution in [0.4, 0.5) is 5.69 Å². The van der Waals surface area contributed by atoms with E-state index in [9.17, 15) is 20.0 Å². The minimum absolute atomic E-state index is 0.0259. The Balaban J connectivity index is 1.72. The molecular formula is C14H18N2O5. The van der Waals surface area contributed by atoms with Crippen molar-refractivity contribution in [2.45, 2.75) is 25.4 Å². The Hall–Kier alpha value is -2.15. The van der Waals surface area contributed by atoms with Crippen LogP contribution in [-0.4, -0.2) is 35.2 Å². The number of carbonyl (C=O) groups is 1. The summed E-state index contributed by atoms with van der Waals surface area (Å²) in [4.78, 5) is 21.6. The molecule has 21 heavy (non-hydrogen) atoms. The van der Waals surface area contributed by atoms with E-state index in [2.05, 4.69) is 5.32 Å². The van der Waals surface area contributed by atoms with E-state index in [0.29, 0.717) is 12.3 Å². The van der Waals surface area contributed by atoms with E-state index in [-0.39, 0.29) is 30.2 Å². The number of aliphatic hydroxyl groups excluding tert-OH is 1. The Morgan fingerprint density at radius 3 is 2.67 bits per heavy atom. The van der Waals surface area contributed by atoms with Crippen LogP contribution >= 0.6 is 0 Å². The Labute approximate surface area is 122 Å². The van der Waals surface area contributed by atoms with E-state index in [1.165, 1.54) is 24.3 Å². The highest BCUT2D eigenvalue weighted by molar-refractivity contribution is 5.77. The zero-order valence-electron chi connectivity index (χ0n) is 11.5. The van der Waals surface area contributed by atoms with E-state index in [0.717, 1.165) is 19.3 Å². The van der Waals surface area contributed by atoms with Crippen molar-refractivity contribution in [3.05, 3.63) is 34.4 Å². The largest absolute Gasteiger partial charge is 0.484 e. The second-order valence-electron chi connectivity index (χ2n) is 5.10. The normalized spacial score (nSPS) is 21.0. The molecular weight excluding hydrogens is 276 g/mol. The van der Waals surface area contributed by atoms with E-state index in [4.69, 9.17) is 4.74 Å². The highest BCUT2D eigenvalue weighted by Gasteiger charge is 2.25. The van der Waals surface area contributed by atoms with Gasteiger partial charge < -0.3 is 15.2 Å². The number of carbonyl (C=O) groups excluding carboxylic acids is 1. The summed E-state index contributed by atoms with van der Waals surface area (Å²) in [5.74, 6) is 0.248. The van der Waals surface area contributed by atoms with Crippen LogP contribution in [0.2, 0.25) is 0 Å². The second-order valence-corrected chi connectivity index (χ2v) is 5.10. The number of hydrogen-bond acceptors (Lipinski definition) is 5. The molecule has 0 spiro atoms. The van der Waals surface area contributed by atoms with Crippen molar-refractivity contribution in [3.63, 3.8) is 0 Å². The number of amides is 1. The van der Waals surface area contributed by atoms with Gasteiger partial charge in [-0.15, -0.1) is 0 Å². The number of nitro benzene ring substituents is 1. The highest BCUT2D eigenvalue weighted by atomic mass is 16.6. The first-order valence-corrected chi connectivity index (χ1v) is 6.88. The SMILES string of the molecule is O=C(COc1ccc([N+](=O)[O-])cc1)NCC1CCCC1O. The van der Waals surface area contributed by atoms with Crippen LogP contribution in [0.15, 0.2) is 24.3 Å². The summed E-state index contributed by atoms with van der Waals surface area (Å²) in [5.41, 5.74) is -0.0259. The predicted octanol–water partition coefficient (Wildman–Crippen LogP) is 1.25. The van der Waals surface area contributed by atoms with Gasteiger partial charge in [0.05, 0.1) is 11.0 Å². The van der Waals surface area contributed by atoms with Crippen LogP contribution in [0.5, 0.6) is 5.75 Å². The van der Waals surface area contributed by atoms with Crippen LogP contribution in [0, 0.1) is 16.0 Å². The highest BCUT2D eigenvalue weighted by Crippen LogP contribution is 2.24. The van der Waals surface area contributed by atoms with Crippen molar-refractivity contribution in [2.75, 3.05) is 13.2 Å². The molecule has 1 aliphatic rings. The third-order valence-corrected chi connectivity index (χ3v) is 3.60. The average Bonchev–Trinajstić information content (AvgIpc) is 2.88. The number of nitrogens with zero attached hydrogens (tertiary/aromatic N) is 1. The quantitative estimate of drug-likeness (QED) is 0.607. The standard InChI is InChI=1S/C14H18N2O5/c17-13-3-1-2-10(13)8-15-14(18)9-21-12-6-4-11(5-7-12)16(19)20/h4-7,10,13,17H,1-3,8-9H2,(H,15,18). The van der Waals surface area contributed by atoms with Gasteiger partial charge in [0, 0.05) is 24.6 Å². The van der Waals surface area contributed by atoms with Gasteiger partial charge in [-0.05, 0) is 25.0 Å². The van der Waals surface area contributed by atoms with Gasteiger partial charge in [-0.2, -0.15) is 0 Å². The van der Waals surface area contributed by atoms with Crippen LogP contribution < -0.4 is 10.1 Å². The van der Waals surface area contributed by atoms with Crippen molar-refractivity contribution >= 4 is 11.6 Å². The summed E-state index contributed by atoms with van der Waals surface area (Å²) in [6.07, 6.45) is 2.37. The molecule has 2 rings (SSSR count). The molecule has 0 saturated heterocycles. The summed E-state index contributed by atoms with van der Waals surface area (Å²) in [5, 5.41) is 22.9. The smallest absolute Gasteiger partial charge is 0.269 e. The van der Waals surface area contributed by atoms with Gasteiger partial charge in [-0.1, -0.05) is 6.42 Å². The van der Waals surface area contributed by atoms with Gasteiger partial charge in [0.15, 0.2) is 6.61 Å². The molecule has 0 heterocycles. The number of nitrogens with one attached hydrogen (secondary N) is 1. The fourth-order valence-corrected chi connectivity index (χ4v) is 2.36. The fourth-order valence-electron chi connectivity index (χ4n) is 2.36. The third-order valence-electron chi connectivity index (χ3n) is 3.60. The monoisotopic (exact) mass is 294 g/mol. The van der Waals surface area contributed by atoms with E-state index < -0.39 is 4.92 Å². The summed E-state index contributed by atoms with van der Waals surface area (Å²) < 4.78 is 5.25. The number of non-ortho nitro benzene ring substituents is 1. The predicted molar refractivity (Wildman–Crippen MR) is 74.9 cm³/mol. The van der Waals surface area contributed by atoms with Gasteiger partial charge in [0.1, 0.15) is 5.75 Å². The van der Waals surface area contributed by atoms with Crippen molar-refractivity contribution in [3.8, 4) is 5.75 Å². The number of hydrogen-bond donors (Lipinski definition) is 2. The molecule has 114 valence electrons. The Bertz CT molecular complexity index is 503. The molecule has 1 amide bonds. The molecule has 7 heteroatoms. The zero-order chi connectivity index (χ0) is 15.2. The lowest BCUT2D eigenvalue weighted by molar-refractivity contribution is -0.384. The molecule has 7 nitrogen and oxygen atoms in total. The van der Waals surface area contributed by atoms with Crippen LogP contribution in [0.25, 0.3) is 0 Å². The lowest BCUT2D eigenvalue weighted by Crippen LogP contribution is -2.35. The van der Waals surface area contributed by atoms with Crippen LogP contribution in [0.1, 0.15) is 19.3 Å². The summed E-state index contributed by atoms with van der Waals surface area (Å²) in [6.45, 7) is 0.296. The summed E-state index contributed by atoms with van der Waals surface area (Å²) >= 11 is 0. The van der Waals surface area contributed by atoms with Gasteiger partial charge >= 0.3 is 0 Å². The number of ether oxygens (including phenoxy) is 1. The van der Waals surface area contributed by atoms with Crippen molar-refractivity contribution in [1.29, 1.82) is 0 Å². The molecule has 1 aromatic rings. The summed E-state index contributed by atoms with van der Waals surface area (Å²) in [7, 11) is 0. The molecule has 0 radical (unpaired) electrons. The molecule has 2 N–H and O–H groups in total. The lowest BCUT2D eigenvalue weighted by Gasteiger charge is -2.15. The number of rotatable bonds is 6. The van der Waals surface area contributed by atoms with Gasteiger partial charge in [0.25, 0.3) is 11.6 Å². The maximum atomic E-state index is 11.6. The van der Waals surface area contributed by atoms with E-state index >= 15 is 0 Å². The topological polar surface area (TPSA) is 102 Å². The van der Waals surface area contributed by atoms with Crippen LogP contribution in [-0.2, 0) is 4.79 Å². The molecule has 1 saturated carbocycles. The molecule has 0 aliphatic heterocycles. The van der Waals surface area contributed by atoms with Gasteiger partial charge in [-0.25, -0.2) is 0 Å². The Kier molecular flexibility index (Phi) is 5.10. The minimum atomic E-state index is -0.497. The van der Waals surface area contributed by atoms with Gasteiger partial charge in [-0.3, -0.25) is 14.9 Å². The molecule has 0 aromatic heterocycles. The number of aliphatic hydroxyl groups is 1. The fraction of sp³-hybridized carbons (Fsp3) is 0.500. The minimum Gasteiger partial charge on any atom is -0.484 e. The maximum Gasteiger partial charge on any atom is 0.269 e. The maximum absolute atomic E-state index is 11.6. The first-order chi connectivity index (χ1) is 10.1. The Morgan fingerprint density at radius 1 is 1.38 bits per heavy atom. The van der Waals surface area contributed by atoms with Gasteiger partial charge in [0.2, 0.25) is 0 Å².